The number of benzene rings is 1. The number of hydrogen-bond acceptors (Lipinski definition) is 3. The molecule has 2 N–H and O–H groups in total. The van der Waals surface area contributed by atoms with Crippen LogP contribution in [0.2, 0.25) is 0 Å². The second-order valence-electron chi connectivity index (χ2n) is 4.84. The van der Waals surface area contributed by atoms with E-state index in [1.54, 1.807) is 7.11 Å². The van der Waals surface area contributed by atoms with Crippen LogP contribution >= 0.6 is 0 Å². The summed E-state index contributed by atoms with van der Waals surface area (Å²) in [5.74, 6) is 0. The number of para-hydroxylation sites is 1. The molecule has 0 amide bonds. The first-order valence-electron chi connectivity index (χ1n) is 6.74. The number of H-pyrrole nitrogens is 1. The van der Waals surface area contributed by atoms with Gasteiger partial charge in [-0.25, -0.2) is 0 Å². The molecule has 0 fully saturated rings. The van der Waals surface area contributed by atoms with Crippen molar-refractivity contribution in [2.75, 3.05) is 40.4 Å². The predicted molar refractivity (Wildman–Crippen MR) is 79.4 cm³/mol. The zero-order valence-corrected chi connectivity index (χ0v) is 11.8. The molecule has 0 saturated carbocycles. The van der Waals surface area contributed by atoms with Crippen LogP contribution < -0.4 is 5.32 Å². The van der Waals surface area contributed by atoms with Crippen LogP contribution in [0.4, 0.5) is 0 Å². The quantitative estimate of drug-likeness (QED) is 0.712. The van der Waals surface area contributed by atoms with Crippen molar-refractivity contribution in [3.05, 3.63) is 36.0 Å². The Bertz CT molecular complexity index is 495. The van der Waals surface area contributed by atoms with Gasteiger partial charge in [0.15, 0.2) is 0 Å². The number of hydrogen-bond donors (Lipinski definition) is 2. The third-order valence-electron chi connectivity index (χ3n) is 3.27. The van der Waals surface area contributed by atoms with E-state index in [9.17, 15) is 0 Å². The van der Waals surface area contributed by atoms with E-state index >= 15 is 0 Å². The molecule has 0 saturated heterocycles. The van der Waals surface area contributed by atoms with Gasteiger partial charge in [-0.1, -0.05) is 18.2 Å². The lowest BCUT2D eigenvalue weighted by molar-refractivity contribution is 0.197. The first kappa shape index (κ1) is 14.1. The first-order valence-corrected chi connectivity index (χ1v) is 6.74. The first-order chi connectivity index (χ1) is 9.31. The van der Waals surface area contributed by atoms with Gasteiger partial charge in [-0.3, -0.25) is 0 Å². The molecule has 0 aliphatic heterocycles. The summed E-state index contributed by atoms with van der Waals surface area (Å²) in [6.07, 6.45) is 2.00. The molecule has 2 aromatic rings. The molecular weight excluding hydrogens is 238 g/mol. The van der Waals surface area contributed by atoms with Crippen LogP contribution in [-0.2, 0) is 11.3 Å². The summed E-state index contributed by atoms with van der Waals surface area (Å²) in [6.45, 7) is 4.66. The molecule has 0 spiro atoms. The Morgan fingerprint density at radius 2 is 2.16 bits per heavy atom. The average molecular weight is 261 g/mol. The number of likely N-dealkylation sites (N-methyl/N-ethyl adjacent to an activating group) is 1. The molecule has 0 atom stereocenters. The maximum atomic E-state index is 5.00. The van der Waals surface area contributed by atoms with Gasteiger partial charge in [0.2, 0.25) is 0 Å². The van der Waals surface area contributed by atoms with E-state index in [1.165, 1.54) is 16.5 Å². The Labute approximate surface area is 114 Å². The van der Waals surface area contributed by atoms with Crippen LogP contribution in [0.15, 0.2) is 30.5 Å². The van der Waals surface area contributed by atoms with Crippen molar-refractivity contribution in [1.29, 1.82) is 0 Å². The Hall–Kier alpha value is -1.36. The van der Waals surface area contributed by atoms with Gasteiger partial charge in [0.05, 0.1) is 6.61 Å². The largest absolute Gasteiger partial charge is 0.383 e. The maximum Gasteiger partial charge on any atom is 0.0587 e. The molecule has 1 aromatic heterocycles. The molecule has 0 radical (unpaired) electrons. The fourth-order valence-electron chi connectivity index (χ4n) is 2.22. The Morgan fingerprint density at radius 1 is 1.26 bits per heavy atom. The summed E-state index contributed by atoms with van der Waals surface area (Å²) in [4.78, 5) is 5.65. The van der Waals surface area contributed by atoms with Crippen molar-refractivity contribution in [3.8, 4) is 0 Å². The highest BCUT2D eigenvalue weighted by Crippen LogP contribution is 2.17. The van der Waals surface area contributed by atoms with Gasteiger partial charge >= 0.3 is 0 Å². The topological polar surface area (TPSA) is 40.3 Å². The number of methoxy groups -OCH3 is 1. The van der Waals surface area contributed by atoms with Gasteiger partial charge in [-0.15, -0.1) is 0 Å². The lowest BCUT2D eigenvalue weighted by atomic mass is 10.1. The zero-order valence-electron chi connectivity index (χ0n) is 11.8. The van der Waals surface area contributed by atoms with Gasteiger partial charge < -0.3 is 19.9 Å². The molecule has 2 rings (SSSR count). The Morgan fingerprint density at radius 3 is 3.00 bits per heavy atom. The van der Waals surface area contributed by atoms with Crippen LogP contribution in [0.3, 0.4) is 0 Å². The Kier molecular flexibility index (Phi) is 5.39. The lowest BCUT2D eigenvalue weighted by Crippen LogP contribution is -2.30. The fraction of sp³-hybridized carbons (Fsp3) is 0.467. The zero-order chi connectivity index (χ0) is 13.5. The normalized spacial score (nSPS) is 11.5. The summed E-state index contributed by atoms with van der Waals surface area (Å²) >= 11 is 0. The summed E-state index contributed by atoms with van der Waals surface area (Å²) in [7, 11) is 3.88. The van der Waals surface area contributed by atoms with Crippen molar-refractivity contribution in [1.82, 2.24) is 15.2 Å². The molecular formula is C15H23N3O. The molecule has 19 heavy (non-hydrogen) atoms. The SMILES string of the molecule is COCCNCCN(C)Cc1cccc2cc[nH]c12. The van der Waals surface area contributed by atoms with Crippen LogP contribution in [0.1, 0.15) is 5.56 Å². The monoisotopic (exact) mass is 261 g/mol. The molecule has 1 aromatic carbocycles. The molecule has 4 nitrogen and oxygen atoms in total. The number of aromatic amines is 1. The van der Waals surface area contributed by atoms with E-state index in [2.05, 4.69) is 46.5 Å². The van der Waals surface area contributed by atoms with E-state index in [0.29, 0.717) is 0 Å². The third kappa shape index (κ3) is 4.06. The number of nitrogens with one attached hydrogen (secondary N) is 2. The van der Waals surface area contributed by atoms with Gasteiger partial charge in [0, 0.05) is 45.0 Å². The van der Waals surface area contributed by atoms with E-state index in [4.69, 9.17) is 4.74 Å². The van der Waals surface area contributed by atoms with Crippen LogP contribution in [0, 0.1) is 0 Å². The maximum absolute atomic E-state index is 5.00. The minimum atomic E-state index is 0.769. The smallest absolute Gasteiger partial charge is 0.0587 e. The van der Waals surface area contributed by atoms with Crippen molar-refractivity contribution >= 4 is 10.9 Å². The predicted octanol–water partition coefficient (Wildman–Crippen LogP) is 1.84. The molecule has 1 heterocycles. The summed E-state index contributed by atoms with van der Waals surface area (Å²) < 4.78 is 5.00. The highest BCUT2D eigenvalue weighted by atomic mass is 16.5. The second kappa shape index (κ2) is 7.28. The number of fused-ring (bicyclic) bond motifs is 1. The summed E-state index contributed by atoms with van der Waals surface area (Å²) in [5.41, 5.74) is 2.60. The van der Waals surface area contributed by atoms with Crippen LogP contribution in [-0.4, -0.2) is 50.3 Å². The minimum Gasteiger partial charge on any atom is -0.383 e. The number of ether oxygens (including phenoxy) is 1. The minimum absolute atomic E-state index is 0.769. The molecule has 104 valence electrons. The second-order valence-corrected chi connectivity index (χ2v) is 4.84. The fourth-order valence-corrected chi connectivity index (χ4v) is 2.22. The lowest BCUT2D eigenvalue weighted by Gasteiger charge is -2.17. The highest BCUT2D eigenvalue weighted by Gasteiger charge is 2.04. The summed E-state index contributed by atoms with van der Waals surface area (Å²) in [5, 5.41) is 4.64. The highest BCUT2D eigenvalue weighted by molar-refractivity contribution is 5.82. The Balaban J connectivity index is 1.81. The standard InChI is InChI=1S/C15H23N3O/c1-18(10-8-16-9-11-19-2)12-14-5-3-4-13-6-7-17-15(13)14/h3-7,16-17H,8-12H2,1-2H3. The van der Waals surface area contributed by atoms with E-state index in [-0.39, 0.29) is 0 Å². The van der Waals surface area contributed by atoms with Gasteiger partial charge in [0.1, 0.15) is 0 Å². The number of aromatic nitrogens is 1. The van der Waals surface area contributed by atoms with Crippen molar-refractivity contribution in [2.24, 2.45) is 0 Å². The third-order valence-corrected chi connectivity index (χ3v) is 3.27. The van der Waals surface area contributed by atoms with Crippen molar-refractivity contribution in [3.63, 3.8) is 0 Å². The summed E-state index contributed by atoms with van der Waals surface area (Å²) in [6, 6.07) is 8.57. The molecule has 0 bridgehead atoms. The number of nitrogens with zero attached hydrogens (tertiary/aromatic N) is 1. The van der Waals surface area contributed by atoms with Crippen molar-refractivity contribution < 1.29 is 4.74 Å². The van der Waals surface area contributed by atoms with Crippen LogP contribution in [0.5, 0.6) is 0 Å². The van der Waals surface area contributed by atoms with Gasteiger partial charge in [-0.2, -0.15) is 0 Å². The van der Waals surface area contributed by atoms with Crippen molar-refractivity contribution in [2.45, 2.75) is 6.54 Å². The molecule has 0 aliphatic carbocycles. The average Bonchev–Trinajstić information content (AvgIpc) is 2.88. The van der Waals surface area contributed by atoms with E-state index < -0.39 is 0 Å². The molecule has 0 unspecified atom stereocenters. The van der Waals surface area contributed by atoms with Gasteiger partial charge in [0.25, 0.3) is 0 Å². The van der Waals surface area contributed by atoms with Gasteiger partial charge in [-0.05, 0) is 24.1 Å². The molecule has 4 heteroatoms. The van der Waals surface area contributed by atoms with E-state index in [1.807, 2.05) is 6.20 Å². The van der Waals surface area contributed by atoms with E-state index in [0.717, 1.165) is 32.8 Å². The molecule has 0 aliphatic rings. The number of rotatable bonds is 8. The van der Waals surface area contributed by atoms with Crippen LogP contribution in [0.25, 0.3) is 10.9 Å².